The van der Waals surface area contributed by atoms with Gasteiger partial charge < -0.3 is 4.90 Å². The van der Waals surface area contributed by atoms with Gasteiger partial charge in [-0.15, -0.1) is 0 Å². The Labute approximate surface area is 93.9 Å². The minimum absolute atomic E-state index is 0.914. The lowest BCUT2D eigenvalue weighted by molar-refractivity contribution is 0.397. The molecule has 0 unspecified atom stereocenters. The Balaban J connectivity index is 2.59. The first kappa shape index (κ1) is 11.9. The highest BCUT2D eigenvalue weighted by molar-refractivity contribution is 8.76. The van der Waals surface area contributed by atoms with Crippen molar-refractivity contribution in [3.63, 3.8) is 0 Å². The molecule has 1 aromatic heterocycles. The molecule has 0 radical (unpaired) electrons. The molecule has 0 aliphatic rings. The summed E-state index contributed by atoms with van der Waals surface area (Å²) in [5.74, 6) is 1.06. The highest BCUT2D eigenvalue weighted by atomic mass is 33.1. The quantitative estimate of drug-likeness (QED) is 0.720. The van der Waals surface area contributed by atoms with Crippen LogP contribution in [-0.2, 0) is 12.3 Å². The van der Waals surface area contributed by atoms with Crippen molar-refractivity contribution in [3.8, 4) is 0 Å². The molecule has 0 aromatic carbocycles. The summed E-state index contributed by atoms with van der Waals surface area (Å²) in [6.07, 6.45) is 4.00. The molecule has 0 saturated heterocycles. The number of hydrogen-bond acceptors (Lipinski definition) is 4. The zero-order chi connectivity index (χ0) is 10.4. The van der Waals surface area contributed by atoms with E-state index in [9.17, 15) is 0 Å². The molecule has 0 amide bonds. The topological polar surface area (TPSA) is 16.1 Å². The summed E-state index contributed by atoms with van der Waals surface area (Å²) in [5.41, 5.74) is 2.51. The standard InChI is InChI=1S/C10H16N2S2/c1-12(2)7-10-6-9(4-5-11-10)8-14-13-3/h4-6H,7-8H2,1-3H3. The molecule has 0 aliphatic heterocycles. The van der Waals surface area contributed by atoms with Gasteiger partial charge in [-0.3, -0.25) is 4.98 Å². The van der Waals surface area contributed by atoms with Gasteiger partial charge in [0.05, 0.1) is 5.69 Å². The minimum Gasteiger partial charge on any atom is -0.304 e. The van der Waals surface area contributed by atoms with Crippen LogP contribution in [0.2, 0.25) is 0 Å². The van der Waals surface area contributed by atoms with Gasteiger partial charge in [0, 0.05) is 18.5 Å². The van der Waals surface area contributed by atoms with Gasteiger partial charge in [-0.1, -0.05) is 21.6 Å². The van der Waals surface area contributed by atoms with Crippen LogP contribution < -0.4 is 0 Å². The van der Waals surface area contributed by atoms with Crippen molar-refractivity contribution in [2.75, 3.05) is 20.4 Å². The number of nitrogens with zero attached hydrogens (tertiary/aromatic N) is 2. The van der Waals surface area contributed by atoms with Crippen molar-refractivity contribution in [3.05, 3.63) is 29.6 Å². The smallest absolute Gasteiger partial charge is 0.0546 e. The molecule has 1 aromatic rings. The summed E-state index contributed by atoms with van der Waals surface area (Å²) in [6.45, 7) is 0.914. The summed E-state index contributed by atoms with van der Waals surface area (Å²) in [4.78, 5) is 6.46. The van der Waals surface area contributed by atoms with Crippen LogP contribution >= 0.6 is 21.6 Å². The van der Waals surface area contributed by atoms with Gasteiger partial charge in [-0.25, -0.2) is 0 Å². The minimum atomic E-state index is 0.914. The molecule has 0 N–H and O–H groups in total. The number of rotatable bonds is 5. The van der Waals surface area contributed by atoms with Gasteiger partial charge in [0.25, 0.3) is 0 Å². The van der Waals surface area contributed by atoms with Crippen molar-refractivity contribution >= 4 is 21.6 Å². The van der Waals surface area contributed by atoms with Crippen LogP contribution in [0.5, 0.6) is 0 Å². The van der Waals surface area contributed by atoms with Crippen molar-refractivity contribution in [2.45, 2.75) is 12.3 Å². The van der Waals surface area contributed by atoms with Crippen LogP contribution in [0.4, 0.5) is 0 Å². The van der Waals surface area contributed by atoms with Gasteiger partial charge >= 0.3 is 0 Å². The maximum Gasteiger partial charge on any atom is 0.0546 e. The Hall–Kier alpha value is -0.190. The normalized spacial score (nSPS) is 10.9. The largest absolute Gasteiger partial charge is 0.304 e. The first-order valence-electron chi connectivity index (χ1n) is 4.46. The van der Waals surface area contributed by atoms with E-state index in [0.717, 1.165) is 18.0 Å². The van der Waals surface area contributed by atoms with Crippen LogP contribution in [0, 0.1) is 0 Å². The van der Waals surface area contributed by atoms with Gasteiger partial charge in [-0.2, -0.15) is 0 Å². The van der Waals surface area contributed by atoms with E-state index in [0.29, 0.717) is 0 Å². The van der Waals surface area contributed by atoms with E-state index >= 15 is 0 Å². The second kappa shape index (κ2) is 6.32. The predicted octanol–water partition coefficient (Wildman–Crippen LogP) is 2.65. The van der Waals surface area contributed by atoms with Crippen LogP contribution in [-0.4, -0.2) is 30.2 Å². The maximum atomic E-state index is 4.33. The zero-order valence-corrected chi connectivity index (χ0v) is 10.5. The molecule has 0 saturated carbocycles. The first-order valence-corrected chi connectivity index (χ1v) is 7.19. The highest BCUT2D eigenvalue weighted by Gasteiger charge is 1.98. The average molecular weight is 228 g/mol. The highest BCUT2D eigenvalue weighted by Crippen LogP contribution is 2.22. The molecule has 14 heavy (non-hydrogen) atoms. The van der Waals surface area contributed by atoms with Gasteiger partial charge in [-0.05, 0) is 38.0 Å². The van der Waals surface area contributed by atoms with Gasteiger partial charge in [0.15, 0.2) is 0 Å². The van der Waals surface area contributed by atoms with Crippen molar-refractivity contribution < 1.29 is 0 Å². The summed E-state index contributed by atoms with van der Waals surface area (Å²) < 4.78 is 0. The zero-order valence-electron chi connectivity index (χ0n) is 8.86. The summed E-state index contributed by atoms with van der Waals surface area (Å²) >= 11 is 0. The van der Waals surface area contributed by atoms with Crippen molar-refractivity contribution in [1.82, 2.24) is 9.88 Å². The van der Waals surface area contributed by atoms with E-state index in [4.69, 9.17) is 0 Å². The summed E-state index contributed by atoms with van der Waals surface area (Å²) in [5, 5.41) is 0. The lowest BCUT2D eigenvalue weighted by Crippen LogP contribution is -2.11. The van der Waals surface area contributed by atoms with Crippen molar-refractivity contribution in [1.29, 1.82) is 0 Å². The Morgan fingerprint density at radius 3 is 2.86 bits per heavy atom. The van der Waals surface area contributed by atoms with Gasteiger partial charge in [0.2, 0.25) is 0 Å². The molecule has 2 nitrogen and oxygen atoms in total. The molecule has 1 rings (SSSR count). The lowest BCUT2D eigenvalue weighted by Gasteiger charge is -2.09. The molecule has 78 valence electrons. The van der Waals surface area contributed by atoms with E-state index < -0.39 is 0 Å². The summed E-state index contributed by atoms with van der Waals surface area (Å²) in [6, 6.07) is 4.27. The molecule has 0 aliphatic carbocycles. The number of aromatic nitrogens is 1. The molecule has 0 fully saturated rings. The maximum absolute atomic E-state index is 4.33. The SMILES string of the molecule is CSSCc1ccnc(CN(C)C)c1. The van der Waals surface area contributed by atoms with Crippen LogP contribution in [0.3, 0.4) is 0 Å². The van der Waals surface area contributed by atoms with Crippen LogP contribution in [0.25, 0.3) is 0 Å². The van der Waals surface area contributed by atoms with Crippen LogP contribution in [0.15, 0.2) is 18.3 Å². The van der Waals surface area contributed by atoms with E-state index in [1.165, 1.54) is 5.56 Å². The van der Waals surface area contributed by atoms with E-state index in [1.54, 1.807) is 10.8 Å². The monoisotopic (exact) mass is 228 g/mol. The molecule has 4 heteroatoms. The van der Waals surface area contributed by atoms with E-state index in [2.05, 4.69) is 42.4 Å². The fourth-order valence-corrected chi connectivity index (χ4v) is 2.35. The fourth-order valence-electron chi connectivity index (χ4n) is 1.16. The molecular formula is C10H16N2S2. The average Bonchev–Trinajstić information content (AvgIpc) is 2.14. The Morgan fingerprint density at radius 2 is 2.21 bits per heavy atom. The van der Waals surface area contributed by atoms with E-state index in [1.807, 2.05) is 17.0 Å². The molecule has 0 bridgehead atoms. The predicted molar refractivity (Wildman–Crippen MR) is 66.4 cm³/mol. The number of pyridine rings is 1. The molecule has 0 atom stereocenters. The second-order valence-corrected chi connectivity index (χ2v) is 5.89. The van der Waals surface area contributed by atoms with Crippen LogP contribution in [0.1, 0.15) is 11.3 Å². The van der Waals surface area contributed by atoms with E-state index in [-0.39, 0.29) is 0 Å². The molecule has 1 heterocycles. The molecular weight excluding hydrogens is 212 g/mol. The Morgan fingerprint density at radius 1 is 1.43 bits per heavy atom. The Kier molecular flexibility index (Phi) is 5.37. The number of hydrogen-bond donors (Lipinski definition) is 0. The first-order chi connectivity index (χ1) is 6.72. The molecule has 0 spiro atoms. The third-order valence-electron chi connectivity index (χ3n) is 1.70. The summed E-state index contributed by atoms with van der Waals surface area (Å²) in [7, 11) is 7.79. The third kappa shape index (κ3) is 4.35. The van der Waals surface area contributed by atoms with Crippen molar-refractivity contribution in [2.24, 2.45) is 0 Å². The Bertz CT molecular complexity index is 277. The fraction of sp³-hybridized carbons (Fsp3) is 0.500. The lowest BCUT2D eigenvalue weighted by atomic mass is 10.2. The third-order valence-corrected chi connectivity index (χ3v) is 3.45. The van der Waals surface area contributed by atoms with Gasteiger partial charge in [0.1, 0.15) is 0 Å². The second-order valence-electron chi connectivity index (χ2n) is 3.32.